The smallest absolute Gasteiger partial charge is 0.184 e. The van der Waals surface area contributed by atoms with Gasteiger partial charge in [0, 0.05) is 61.4 Å². The highest BCUT2D eigenvalue weighted by Crippen LogP contribution is 2.39. The van der Waals surface area contributed by atoms with Crippen LogP contribution in [0.1, 0.15) is 0 Å². The van der Waals surface area contributed by atoms with Crippen LogP contribution in [0.4, 0.5) is 5.69 Å². The van der Waals surface area contributed by atoms with Crippen molar-refractivity contribution in [3.63, 3.8) is 0 Å². The number of fused-ring (bicyclic) bond motifs is 2. The molecule has 1 aromatic heterocycles. The van der Waals surface area contributed by atoms with Crippen molar-refractivity contribution in [2.45, 2.75) is 6.54 Å². The lowest BCUT2D eigenvalue weighted by molar-refractivity contribution is 0.171. The third kappa shape index (κ3) is 3.40. The van der Waals surface area contributed by atoms with Crippen LogP contribution in [0.25, 0.3) is 10.9 Å². The van der Waals surface area contributed by atoms with Gasteiger partial charge >= 0.3 is 0 Å². The van der Waals surface area contributed by atoms with Crippen LogP contribution in [0, 0.1) is 0 Å². The molecular formula is C22H24ClN3O2. The number of anilines is 1. The van der Waals surface area contributed by atoms with E-state index in [1.54, 1.807) is 0 Å². The summed E-state index contributed by atoms with van der Waals surface area (Å²) in [6.45, 7) is 7.40. The average Bonchev–Trinajstić information content (AvgIpc) is 3.14. The van der Waals surface area contributed by atoms with E-state index in [9.17, 15) is 0 Å². The number of rotatable bonds is 4. The zero-order chi connectivity index (χ0) is 18.9. The van der Waals surface area contributed by atoms with Gasteiger partial charge in [-0.1, -0.05) is 17.7 Å². The van der Waals surface area contributed by atoms with Crippen molar-refractivity contribution in [3.8, 4) is 11.5 Å². The van der Waals surface area contributed by atoms with Crippen LogP contribution in [-0.2, 0) is 6.54 Å². The average molecular weight is 398 g/mol. The van der Waals surface area contributed by atoms with Crippen molar-refractivity contribution >= 4 is 28.2 Å². The molecule has 0 radical (unpaired) electrons. The first-order valence-electron chi connectivity index (χ1n) is 9.88. The number of hydrogen-bond donors (Lipinski definition) is 0. The van der Waals surface area contributed by atoms with E-state index in [0.717, 1.165) is 61.5 Å². The van der Waals surface area contributed by atoms with Crippen LogP contribution in [0.3, 0.4) is 0 Å². The Morgan fingerprint density at radius 1 is 0.893 bits per heavy atom. The third-order valence-electron chi connectivity index (χ3n) is 5.65. The highest BCUT2D eigenvalue weighted by Gasteiger charge is 2.23. The van der Waals surface area contributed by atoms with Crippen LogP contribution >= 0.6 is 11.6 Å². The second kappa shape index (κ2) is 7.57. The Balaban J connectivity index is 1.21. The first-order valence-corrected chi connectivity index (χ1v) is 10.3. The molecule has 3 heterocycles. The first-order chi connectivity index (χ1) is 13.8. The maximum atomic E-state index is 6.10. The zero-order valence-electron chi connectivity index (χ0n) is 15.8. The molecule has 2 aliphatic rings. The third-order valence-corrected chi connectivity index (χ3v) is 5.88. The van der Waals surface area contributed by atoms with Crippen LogP contribution in [-0.4, -0.2) is 55.4 Å². The summed E-state index contributed by atoms with van der Waals surface area (Å²) in [5.41, 5.74) is 2.40. The lowest BCUT2D eigenvalue weighted by atomic mass is 10.2. The summed E-state index contributed by atoms with van der Waals surface area (Å²) in [4.78, 5) is 4.95. The molecule has 1 fully saturated rings. The van der Waals surface area contributed by atoms with Gasteiger partial charge in [-0.15, -0.1) is 0 Å². The topological polar surface area (TPSA) is 29.9 Å². The number of benzene rings is 2. The van der Waals surface area contributed by atoms with E-state index in [0.29, 0.717) is 13.2 Å². The molecule has 2 aromatic carbocycles. The molecule has 0 amide bonds. The second-order valence-corrected chi connectivity index (χ2v) is 7.78. The van der Waals surface area contributed by atoms with E-state index in [-0.39, 0.29) is 0 Å². The molecule has 5 nitrogen and oxygen atoms in total. The Hall–Kier alpha value is -2.37. The Kier molecular flexibility index (Phi) is 4.79. The van der Waals surface area contributed by atoms with E-state index in [2.05, 4.69) is 44.8 Å². The fourth-order valence-corrected chi connectivity index (χ4v) is 4.32. The van der Waals surface area contributed by atoms with Crippen molar-refractivity contribution in [3.05, 3.63) is 53.7 Å². The lowest BCUT2D eigenvalue weighted by Gasteiger charge is -2.37. The maximum absolute atomic E-state index is 6.10. The van der Waals surface area contributed by atoms with E-state index >= 15 is 0 Å². The molecule has 3 aromatic rings. The van der Waals surface area contributed by atoms with Gasteiger partial charge in [0.15, 0.2) is 11.5 Å². The largest absolute Gasteiger partial charge is 0.486 e. The molecule has 1 saturated heterocycles. The van der Waals surface area contributed by atoms with Gasteiger partial charge in [-0.3, -0.25) is 4.90 Å². The van der Waals surface area contributed by atoms with Gasteiger partial charge in [-0.25, -0.2) is 0 Å². The molecule has 0 saturated carbocycles. The van der Waals surface area contributed by atoms with Gasteiger partial charge < -0.3 is 18.9 Å². The van der Waals surface area contributed by atoms with Gasteiger partial charge in [0.05, 0.1) is 5.69 Å². The summed E-state index contributed by atoms with van der Waals surface area (Å²) < 4.78 is 13.9. The summed E-state index contributed by atoms with van der Waals surface area (Å²) in [6.07, 6.45) is 2.16. The number of halogens is 1. The number of nitrogens with zero attached hydrogens (tertiary/aromatic N) is 3. The molecule has 146 valence electrons. The Morgan fingerprint density at radius 3 is 2.64 bits per heavy atom. The zero-order valence-corrected chi connectivity index (χ0v) is 16.6. The number of aromatic nitrogens is 1. The molecular weight excluding hydrogens is 374 g/mol. The minimum absolute atomic E-state index is 0.625. The predicted molar refractivity (Wildman–Crippen MR) is 113 cm³/mol. The standard InChI is InChI=1S/C22H24ClN3O2/c23-18-4-5-19-17(16-18)6-7-25(19)11-8-24-9-12-26(13-10-24)20-2-1-3-21-22(20)28-15-14-27-21/h1-7,16H,8-15H2. The fourth-order valence-electron chi connectivity index (χ4n) is 4.13. The summed E-state index contributed by atoms with van der Waals surface area (Å²) in [5, 5.41) is 1.99. The quantitative estimate of drug-likeness (QED) is 0.668. The summed E-state index contributed by atoms with van der Waals surface area (Å²) in [7, 11) is 0. The van der Waals surface area contributed by atoms with E-state index in [4.69, 9.17) is 21.1 Å². The molecule has 0 atom stereocenters. The lowest BCUT2D eigenvalue weighted by Crippen LogP contribution is -2.47. The Labute approximate surface area is 170 Å². The summed E-state index contributed by atoms with van der Waals surface area (Å²) >= 11 is 6.10. The summed E-state index contributed by atoms with van der Waals surface area (Å²) in [5.74, 6) is 1.77. The predicted octanol–water partition coefficient (Wildman–Crippen LogP) is 3.89. The van der Waals surface area contributed by atoms with E-state index in [1.807, 2.05) is 18.2 Å². The number of ether oxygens (including phenoxy) is 2. The minimum Gasteiger partial charge on any atom is -0.486 e. The van der Waals surface area contributed by atoms with Crippen LogP contribution < -0.4 is 14.4 Å². The normalized spacial score (nSPS) is 17.2. The highest BCUT2D eigenvalue weighted by atomic mass is 35.5. The first kappa shape index (κ1) is 17.7. The number of para-hydroxylation sites is 1. The van der Waals surface area contributed by atoms with Crippen LogP contribution in [0.2, 0.25) is 5.02 Å². The van der Waals surface area contributed by atoms with Crippen molar-refractivity contribution in [1.29, 1.82) is 0 Å². The van der Waals surface area contributed by atoms with Crippen LogP contribution in [0.5, 0.6) is 11.5 Å². The fraction of sp³-hybridized carbons (Fsp3) is 0.364. The van der Waals surface area contributed by atoms with E-state index in [1.165, 1.54) is 10.9 Å². The number of piperazine rings is 1. The molecule has 0 N–H and O–H groups in total. The van der Waals surface area contributed by atoms with Crippen molar-refractivity contribution < 1.29 is 9.47 Å². The second-order valence-electron chi connectivity index (χ2n) is 7.34. The maximum Gasteiger partial charge on any atom is 0.184 e. The minimum atomic E-state index is 0.625. The Morgan fingerprint density at radius 2 is 1.75 bits per heavy atom. The van der Waals surface area contributed by atoms with Crippen LogP contribution in [0.15, 0.2) is 48.7 Å². The van der Waals surface area contributed by atoms with Crippen molar-refractivity contribution in [1.82, 2.24) is 9.47 Å². The summed E-state index contributed by atoms with van der Waals surface area (Å²) in [6, 6.07) is 14.4. The number of hydrogen-bond acceptors (Lipinski definition) is 4. The molecule has 0 bridgehead atoms. The van der Waals surface area contributed by atoms with Crippen molar-refractivity contribution in [2.75, 3.05) is 50.8 Å². The highest BCUT2D eigenvalue weighted by molar-refractivity contribution is 6.31. The molecule has 28 heavy (non-hydrogen) atoms. The molecule has 2 aliphatic heterocycles. The van der Waals surface area contributed by atoms with Crippen molar-refractivity contribution in [2.24, 2.45) is 0 Å². The SMILES string of the molecule is Clc1ccc2c(ccn2CCN2CCN(c3cccc4c3OCCO4)CC2)c1. The van der Waals surface area contributed by atoms with E-state index < -0.39 is 0 Å². The van der Waals surface area contributed by atoms with Gasteiger partial charge in [0.2, 0.25) is 0 Å². The van der Waals surface area contributed by atoms with Gasteiger partial charge in [-0.2, -0.15) is 0 Å². The molecule has 5 rings (SSSR count). The monoisotopic (exact) mass is 397 g/mol. The molecule has 0 unspecified atom stereocenters. The van der Waals surface area contributed by atoms with Gasteiger partial charge in [-0.05, 0) is 36.4 Å². The van der Waals surface area contributed by atoms with Gasteiger partial charge in [0.1, 0.15) is 13.2 Å². The Bertz CT molecular complexity index is 979. The molecule has 0 spiro atoms. The van der Waals surface area contributed by atoms with Gasteiger partial charge in [0.25, 0.3) is 0 Å². The molecule has 6 heteroatoms. The molecule has 0 aliphatic carbocycles.